The van der Waals surface area contributed by atoms with Gasteiger partial charge in [0.2, 0.25) is 5.91 Å². The van der Waals surface area contributed by atoms with Crippen molar-refractivity contribution in [2.75, 3.05) is 0 Å². The van der Waals surface area contributed by atoms with Crippen molar-refractivity contribution in [2.45, 2.75) is 32.9 Å². The molecule has 0 unspecified atom stereocenters. The molecule has 0 fully saturated rings. The van der Waals surface area contributed by atoms with Crippen LogP contribution in [-0.2, 0) is 11.3 Å². The maximum atomic E-state index is 11.4. The molecule has 1 atom stereocenters. The zero-order valence-electron chi connectivity index (χ0n) is 9.16. The van der Waals surface area contributed by atoms with Gasteiger partial charge in [-0.05, 0) is 25.0 Å². The summed E-state index contributed by atoms with van der Waals surface area (Å²) in [6.07, 6.45) is 2.36. The average molecular weight is 207 g/mol. The number of aromatic nitrogens is 1. The van der Waals surface area contributed by atoms with E-state index >= 15 is 0 Å². The van der Waals surface area contributed by atoms with Crippen LogP contribution >= 0.6 is 0 Å². The number of hydrogen-bond donors (Lipinski definition) is 2. The van der Waals surface area contributed by atoms with Crippen molar-refractivity contribution in [3.63, 3.8) is 0 Å². The first-order valence-corrected chi connectivity index (χ1v) is 5.09. The molecule has 1 aromatic rings. The zero-order valence-corrected chi connectivity index (χ0v) is 9.16. The molecule has 0 saturated carbocycles. The number of nitrogens with one attached hydrogen (secondary N) is 1. The van der Waals surface area contributed by atoms with Crippen LogP contribution in [0.5, 0.6) is 0 Å². The van der Waals surface area contributed by atoms with Crippen LogP contribution < -0.4 is 11.1 Å². The van der Waals surface area contributed by atoms with Crippen molar-refractivity contribution in [1.29, 1.82) is 0 Å². The SMILES string of the molecule is CC[C@@H](N)C(=O)NCc1ncccc1C. The van der Waals surface area contributed by atoms with E-state index in [2.05, 4.69) is 10.3 Å². The third-order valence-corrected chi connectivity index (χ3v) is 2.32. The molecule has 0 saturated heterocycles. The van der Waals surface area contributed by atoms with Gasteiger partial charge < -0.3 is 11.1 Å². The van der Waals surface area contributed by atoms with E-state index in [0.29, 0.717) is 13.0 Å². The highest BCUT2D eigenvalue weighted by Gasteiger charge is 2.10. The fourth-order valence-corrected chi connectivity index (χ4v) is 1.19. The Morgan fingerprint density at radius 2 is 2.40 bits per heavy atom. The lowest BCUT2D eigenvalue weighted by Crippen LogP contribution is -2.39. The first-order chi connectivity index (χ1) is 7.15. The molecule has 3 N–H and O–H groups in total. The Morgan fingerprint density at radius 1 is 1.67 bits per heavy atom. The van der Waals surface area contributed by atoms with E-state index in [1.807, 2.05) is 26.0 Å². The molecule has 15 heavy (non-hydrogen) atoms. The normalized spacial score (nSPS) is 12.2. The minimum Gasteiger partial charge on any atom is -0.349 e. The van der Waals surface area contributed by atoms with E-state index in [1.165, 1.54) is 0 Å². The molecule has 1 heterocycles. The highest BCUT2D eigenvalue weighted by Crippen LogP contribution is 2.02. The van der Waals surface area contributed by atoms with Gasteiger partial charge in [0, 0.05) is 6.20 Å². The van der Waals surface area contributed by atoms with Crippen LogP contribution in [0.1, 0.15) is 24.6 Å². The quantitative estimate of drug-likeness (QED) is 0.765. The molecule has 0 aliphatic rings. The van der Waals surface area contributed by atoms with Crippen LogP contribution in [-0.4, -0.2) is 16.9 Å². The minimum atomic E-state index is -0.422. The summed E-state index contributed by atoms with van der Waals surface area (Å²) < 4.78 is 0. The lowest BCUT2D eigenvalue weighted by Gasteiger charge is -2.10. The number of nitrogens with zero attached hydrogens (tertiary/aromatic N) is 1. The molecule has 0 aliphatic carbocycles. The number of hydrogen-bond acceptors (Lipinski definition) is 3. The smallest absolute Gasteiger partial charge is 0.237 e. The lowest BCUT2D eigenvalue weighted by molar-refractivity contribution is -0.122. The van der Waals surface area contributed by atoms with Crippen molar-refractivity contribution in [3.05, 3.63) is 29.6 Å². The number of aryl methyl sites for hydroxylation is 1. The summed E-state index contributed by atoms with van der Waals surface area (Å²) in [6, 6.07) is 3.42. The van der Waals surface area contributed by atoms with Crippen molar-refractivity contribution < 1.29 is 4.79 Å². The third kappa shape index (κ3) is 3.32. The van der Waals surface area contributed by atoms with Crippen LogP contribution in [0.15, 0.2) is 18.3 Å². The van der Waals surface area contributed by atoms with Gasteiger partial charge in [-0.2, -0.15) is 0 Å². The molecule has 0 bridgehead atoms. The van der Waals surface area contributed by atoms with E-state index < -0.39 is 6.04 Å². The molecular formula is C11H17N3O. The van der Waals surface area contributed by atoms with E-state index in [4.69, 9.17) is 5.73 Å². The first-order valence-electron chi connectivity index (χ1n) is 5.09. The molecule has 1 rings (SSSR count). The van der Waals surface area contributed by atoms with E-state index in [-0.39, 0.29) is 5.91 Å². The Balaban J connectivity index is 2.51. The van der Waals surface area contributed by atoms with Gasteiger partial charge in [0.1, 0.15) is 0 Å². The predicted molar refractivity (Wildman–Crippen MR) is 59.1 cm³/mol. The molecule has 0 aromatic carbocycles. The Bertz CT molecular complexity index is 338. The second-order valence-electron chi connectivity index (χ2n) is 3.50. The molecule has 0 radical (unpaired) electrons. The second-order valence-corrected chi connectivity index (χ2v) is 3.50. The van der Waals surface area contributed by atoms with Crippen molar-refractivity contribution in [2.24, 2.45) is 5.73 Å². The minimum absolute atomic E-state index is 0.123. The Hall–Kier alpha value is -1.42. The number of carbonyl (C=O) groups is 1. The third-order valence-electron chi connectivity index (χ3n) is 2.32. The second kappa shape index (κ2) is 5.46. The highest BCUT2D eigenvalue weighted by molar-refractivity contribution is 5.81. The largest absolute Gasteiger partial charge is 0.349 e. The molecule has 4 nitrogen and oxygen atoms in total. The van der Waals surface area contributed by atoms with Gasteiger partial charge in [0.05, 0.1) is 18.3 Å². The molecule has 0 aliphatic heterocycles. The van der Waals surface area contributed by atoms with Crippen LogP contribution in [0.25, 0.3) is 0 Å². The highest BCUT2D eigenvalue weighted by atomic mass is 16.2. The van der Waals surface area contributed by atoms with Gasteiger partial charge in [-0.15, -0.1) is 0 Å². The number of carbonyl (C=O) groups excluding carboxylic acids is 1. The summed E-state index contributed by atoms with van der Waals surface area (Å²) >= 11 is 0. The number of amides is 1. The van der Waals surface area contributed by atoms with Crippen molar-refractivity contribution >= 4 is 5.91 Å². The number of nitrogens with two attached hydrogens (primary N) is 1. The number of rotatable bonds is 4. The van der Waals surface area contributed by atoms with Crippen molar-refractivity contribution in [3.8, 4) is 0 Å². The standard InChI is InChI=1S/C11H17N3O/c1-3-9(12)11(15)14-7-10-8(2)5-4-6-13-10/h4-6,9H,3,7,12H2,1-2H3,(H,14,15)/t9-/m1/s1. The Morgan fingerprint density at radius 3 is 3.00 bits per heavy atom. The summed E-state index contributed by atoms with van der Waals surface area (Å²) in [5.74, 6) is -0.123. The monoisotopic (exact) mass is 207 g/mol. The Labute approximate surface area is 89.9 Å². The average Bonchev–Trinajstić information content (AvgIpc) is 2.26. The summed E-state index contributed by atoms with van der Waals surface area (Å²) in [6.45, 7) is 4.30. The fourth-order valence-electron chi connectivity index (χ4n) is 1.19. The van der Waals surface area contributed by atoms with Crippen LogP contribution in [0.3, 0.4) is 0 Å². The summed E-state index contributed by atoms with van der Waals surface area (Å²) in [4.78, 5) is 15.6. The van der Waals surface area contributed by atoms with Crippen LogP contribution in [0.4, 0.5) is 0 Å². The van der Waals surface area contributed by atoms with Crippen LogP contribution in [0, 0.1) is 6.92 Å². The summed E-state index contributed by atoms with van der Waals surface area (Å²) in [5, 5.41) is 2.76. The fraction of sp³-hybridized carbons (Fsp3) is 0.455. The lowest BCUT2D eigenvalue weighted by atomic mass is 10.2. The maximum absolute atomic E-state index is 11.4. The van der Waals surface area contributed by atoms with Crippen LogP contribution in [0.2, 0.25) is 0 Å². The molecular weight excluding hydrogens is 190 g/mol. The van der Waals surface area contributed by atoms with Gasteiger partial charge >= 0.3 is 0 Å². The molecule has 0 spiro atoms. The topological polar surface area (TPSA) is 68.0 Å². The number of pyridine rings is 1. The zero-order chi connectivity index (χ0) is 11.3. The van der Waals surface area contributed by atoms with Gasteiger partial charge in [0.25, 0.3) is 0 Å². The summed E-state index contributed by atoms with van der Waals surface area (Å²) in [7, 11) is 0. The molecule has 82 valence electrons. The van der Waals surface area contributed by atoms with E-state index in [0.717, 1.165) is 11.3 Å². The van der Waals surface area contributed by atoms with Gasteiger partial charge in [0.15, 0.2) is 0 Å². The maximum Gasteiger partial charge on any atom is 0.237 e. The van der Waals surface area contributed by atoms with Gasteiger partial charge in [-0.1, -0.05) is 13.0 Å². The van der Waals surface area contributed by atoms with Crippen molar-refractivity contribution in [1.82, 2.24) is 10.3 Å². The molecule has 1 aromatic heterocycles. The van der Waals surface area contributed by atoms with Gasteiger partial charge in [-0.3, -0.25) is 9.78 Å². The summed E-state index contributed by atoms with van der Waals surface area (Å²) in [5.41, 5.74) is 7.54. The molecule has 1 amide bonds. The predicted octanol–water partition coefficient (Wildman–Crippen LogP) is 0.744. The molecule has 4 heteroatoms. The van der Waals surface area contributed by atoms with E-state index in [1.54, 1.807) is 6.20 Å². The van der Waals surface area contributed by atoms with E-state index in [9.17, 15) is 4.79 Å². The first kappa shape index (κ1) is 11.7. The Kier molecular flexibility index (Phi) is 4.24. The van der Waals surface area contributed by atoms with Gasteiger partial charge in [-0.25, -0.2) is 0 Å².